The van der Waals surface area contributed by atoms with Gasteiger partial charge in [-0.3, -0.25) is 15.1 Å². The Morgan fingerprint density at radius 3 is 2.38 bits per heavy atom. The Kier molecular flexibility index (Phi) is 5.82. The molecule has 160 valence electrons. The number of hydrogen-bond donors (Lipinski definition) is 3. The van der Waals surface area contributed by atoms with Crippen LogP contribution in [0.15, 0.2) is 103 Å². The molecule has 2 aromatic heterocycles. The predicted octanol–water partition coefficient (Wildman–Crippen LogP) is 3.44. The van der Waals surface area contributed by atoms with Crippen molar-refractivity contribution in [3.8, 4) is 5.69 Å². The molecule has 0 amide bonds. The average Bonchev–Trinajstić information content (AvgIpc) is 3.35. The van der Waals surface area contributed by atoms with E-state index in [0.717, 1.165) is 11.3 Å². The summed E-state index contributed by atoms with van der Waals surface area (Å²) in [5.41, 5.74) is 8.81. The van der Waals surface area contributed by atoms with Crippen LogP contribution in [-0.4, -0.2) is 28.9 Å². The number of rotatable bonds is 7. The summed E-state index contributed by atoms with van der Waals surface area (Å²) in [4.78, 5) is 4.10. The number of sulfonamides is 1. The van der Waals surface area contributed by atoms with Crippen LogP contribution in [0.5, 0.6) is 0 Å². The second-order valence-electron chi connectivity index (χ2n) is 6.82. The van der Waals surface area contributed by atoms with E-state index in [1.807, 2.05) is 0 Å². The highest BCUT2D eigenvalue weighted by molar-refractivity contribution is 7.92. The fraction of sp³-hybridized carbons (Fsp3) is 0. The molecule has 9 heteroatoms. The molecule has 32 heavy (non-hydrogen) atoms. The summed E-state index contributed by atoms with van der Waals surface area (Å²) < 4.78 is 29.9. The van der Waals surface area contributed by atoms with Gasteiger partial charge in [0.25, 0.3) is 10.0 Å². The van der Waals surface area contributed by atoms with E-state index in [2.05, 4.69) is 14.8 Å². The molecule has 4 aromatic rings. The molecule has 0 aliphatic carbocycles. The lowest BCUT2D eigenvalue weighted by molar-refractivity contribution is 0.601. The monoisotopic (exact) mass is 444 g/mol. The van der Waals surface area contributed by atoms with Crippen LogP contribution < -0.4 is 10.5 Å². The SMILES string of the molecule is N=C(/C(=C\N)c1ccncc1)c1cccc(NS(=O)(=O)c2ccc(-n3cccn3)cc2)c1. The molecule has 0 aliphatic rings. The number of nitrogens with one attached hydrogen (secondary N) is 2. The minimum Gasteiger partial charge on any atom is -0.404 e. The van der Waals surface area contributed by atoms with Crippen molar-refractivity contribution < 1.29 is 8.42 Å². The Labute approximate surface area is 185 Å². The van der Waals surface area contributed by atoms with Crippen molar-refractivity contribution in [1.82, 2.24) is 14.8 Å². The third-order valence-corrected chi connectivity index (χ3v) is 6.14. The van der Waals surface area contributed by atoms with E-state index in [4.69, 9.17) is 11.1 Å². The van der Waals surface area contributed by atoms with Crippen LogP contribution >= 0.6 is 0 Å². The zero-order valence-corrected chi connectivity index (χ0v) is 17.7. The Bertz CT molecular complexity index is 1360. The van der Waals surface area contributed by atoms with E-state index in [9.17, 15) is 8.42 Å². The lowest BCUT2D eigenvalue weighted by atomic mass is 9.97. The molecule has 0 fully saturated rings. The first-order valence-electron chi connectivity index (χ1n) is 9.62. The normalized spacial score (nSPS) is 11.8. The number of benzene rings is 2. The van der Waals surface area contributed by atoms with Crippen molar-refractivity contribution in [3.63, 3.8) is 0 Å². The highest BCUT2D eigenvalue weighted by Gasteiger charge is 2.16. The number of pyridine rings is 1. The Morgan fingerprint density at radius 2 is 1.72 bits per heavy atom. The van der Waals surface area contributed by atoms with Crippen molar-refractivity contribution in [3.05, 3.63) is 109 Å². The van der Waals surface area contributed by atoms with Crippen LogP contribution in [0.3, 0.4) is 0 Å². The average molecular weight is 445 g/mol. The Morgan fingerprint density at radius 1 is 0.969 bits per heavy atom. The van der Waals surface area contributed by atoms with Gasteiger partial charge >= 0.3 is 0 Å². The lowest BCUT2D eigenvalue weighted by Crippen LogP contribution is -2.14. The van der Waals surface area contributed by atoms with E-state index < -0.39 is 10.0 Å². The Balaban J connectivity index is 1.56. The third kappa shape index (κ3) is 4.42. The van der Waals surface area contributed by atoms with Crippen LogP contribution in [0.25, 0.3) is 11.3 Å². The van der Waals surface area contributed by atoms with Gasteiger partial charge in [0.2, 0.25) is 0 Å². The molecule has 0 saturated heterocycles. The van der Waals surface area contributed by atoms with Gasteiger partial charge in [0.05, 0.1) is 16.3 Å². The number of hydrogen-bond acceptors (Lipinski definition) is 6. The maximum absolute atomic E-state index is 12.9. The summed E-state index contributed by atoms with van der Waals surface area (Å²) in [6, 6.07) is 18.3. The Hall–Kier alpha value is -4.24. The van der Waals surface area contributed by atoms with E-state index in [1.165, 1.54) is 18.3 Å². The first kappa shape index (κ1) is 21.0. The van der Waals surface area contributed by atoms with Gasteiger partial charge in [-0.1, -0.05) is 12.1 Å². The fourth-order valence-electron chi connectivity index (χ4n) is 3.16. The molecular weight excluding hydrogens is 424 g/mol. The molecule has 4 N–H and O–H groups in total. The zero-order chi connectivity index (χ0) is 22.6. The fourth-order valence-corrected chi connectivity index (χ4v) is 4.21. The lowest BCUT2D eigenvalue weighted by Gasteiger charge is -2.12. The van der Waals surface area contributed by atoms with Gasteiger partial charge in [0, 0.05) is 47.8 Å². The molecule has 8 nitrogen and oxygen atoms in total. The first-order chi connectivity index (χ1) is 15.5. The number of allylic oxidation sites excluding steroid dienone is 1. The van der Waals surface area contributed by atoms with E-state index in [1.54, 1.807) is 84.1 Å². The summed E-state index contributed by atoms with van der Waals surface area (Å²) in [5, 5.41) is 12.7. The summed E-state index contributed by atoms with van der Waals surface area (Å²) in [5.74, 6) is 0. The van der Waals surface area contributed by atoms with Crippen molar-refractivity contribution in [2.45, 2.75) is 4.90 Å². The second-order valence-corrected chi connectivity index (χ2v) is 8.50. The van der Waals surface area contributed by atoms with Gasteiger partial charge in [0.1, 0.15) is 0 Å². The van der Waals surface area contributed by atoms with Crippen LogP contribution in [-0.2, 0) is 10.0 Å². The molecule has 0 unspecified atom stereocenters. The summed E-state index contributed by atoms with van der Waals surface area (Å²) in [6.45, 7) is 0. The molecule has 0 aliphatic heterocycles. The van der Waals surface area contributed by atoms with Gasteiger partial charge in [0.15, 0.2) is 0 Å². The summed E-state index contributed by atoms with van der Waals surface area (Å²) >= 11 is 0. The summed E-state index contributed by atoms with van der Waals surface area (Å²) in [6.07, 6.45) is 8.02. The molecule has 2 heterocycles. The van der Waals surface area contributed by atoms with E-state index in [0.29, 0.717) is 16.8 Å². The molecule has 0 spiro atoms. The smallest absolute Gasteiger partial charge is 0.261 e. The molecule has 2 aromatic carbocycles. The van der Waals surface area contributed by atoms with Gasteiger partial charge in [-0.2, -0.15) is 5.10 Å². The number of nitrogens with two attached hydrogens (primary N) is 1. The van der Waals surface area contributed by atoms with E-state index in [-0.39, 0.29) is 10.6 Å². The van der Waals surface area contributed by atoms with Crippen molar-refractivity contribution in [1.29, 1.82) is 5.41 Å². The highest BCUT2D eigenvalue weighted by Crippen LogP contribution is 2.23. The predicted molar refractivity (Wildman–Crippen MR) is 124 cm³/mol. The van der Waals surface area contributed by atoms with Crippen molar-refractivity contribution in [2.75, 3.05) is 4.72 Å². The topological polar surface area (TPSA) is 127 Å². The minimum atomic E-state index is -3.82. The number of aromatic nitrogens is 3. The van der Waals surface area contributed by atoms with Gasteiger partial charge in [-0.15, -0.1) is 0 Å². The molecule has 4 rings (SSSR count). The first-order valence-corrected chi connectivity index (χ1v) is 11.1. The molecule has 0 bridgehead atoms. The largest absolute Gasteiger partial charge is 0.404 e. The molecule has 0 atom stereocenters. The maximum atomic E-state index is 12.9. The van der Waals surface area contributed by atoms with Gasteiger partial charge < -0.3 is 5.73 Å². The van der Waals surface area contributed by atoms with Crippen LogP contribution in [0.1, 0.15) is 11.1 Å². The molecule has 0 saturated carbocycles. The van der Waals surface area contributed by atoms with Crippen LogP contribution in [0.4, 0.5) is 5.69 Å². The quantitative estimate of drug-likeness (QED) is 0.376. The highest BCUT2D eigenvalue weighted by atomic mass is 32.2. The number of anilines is 1. The molecular formula is C23H20N6O2S. The van der Waals surface area contributed by atoms with Gasteiger partial charge in [-0.05, 0) is 60.2 Å². The standard InChI is InChI=1S/C23H20N6O2S/c24-16-22(17-9-12-26-13-10-17)23(25)18-3-1-4-19(15-18)28-32(30,31)21-7-5-20(6-8-21)29-14-2-11-27-29/h1-16,25,28H,24H2/b22-16-,25-23?. The van der Waals surface area contributed by atoms with Crippen molar-refractivity contribution >= 4 is 27.0 Å². The van der Waals surface area contributed by atoms with Crippen LogP contribution in [0, 0.1) is 5.41 Å². The number of nitrogens with zero attached hydrogens (tertiary/aromatic N) is 3. The minimum absolute atomic E-state index is 0.119. The zero-order valence-electron chi connectivity index (χ0n) is 16.9. The summed E-state index contributed by atoms with van der Waals surface area (Å²) in [7, 11) is -3.82. The van der Waals surface area contributed by atoms with Crippen molar-refractivity contribution in [2.24, 2.45) is 5.73 Å². The van der Waals surface area contributed by atoms with Crippen LogP contribution in [0.2, 0.25) is 0 Å². The molecule has 0 radical (unpaired) electrons. The maximum Gasteiger partial charge on any atom is 0.261 e. The third-order valence-electron chi connectivity index (χ3n) is 4.75. The van der Waals surface area contributed by atoms with E-state index >= 15 is 0 Å². The van der Waals surface area contributed by atoms with Gasteiger partial charge in [-0.25, -0.2) is 13.1 Å². The second kappa shape index (κ2) is 8.86.